The molecule has 0 aliphatic heterocycles. The van der Waals surface area contributed by atoms with Crippen LogP contribution in [0.5, 0.6) is 5.75 Å². The molecule has 3 amide bonds. The minimum atomic E-state index is -1.19. The summed E-state index contributed by atoms with van der Waals surface area (Å²) in [7, 11) is 0. The van der Waals surface area contributed by atoms with Crippen LogP contribution in [0.15, 0.2) is 24.3 Å². The van der Waals surface area contributed by atoms with Crippen LogP contribution >= 0.6 is 11.8 Å². The van der Waals surface area contributed by atoms with Gasteiger partial charge in [0.15, 0.2) is 0 Å². The van der Waals surface area contributed by atoms with Crippen LogP contribution in [0.3, 0.4) is 0 Å². The van der Waals surface area contributed by atoms with Crippen LogP contribution in [0.1, 0.15) is 39.2 Å². The molecule has 0 saturated heterocycles. The van der Waals surface area contributed by atoms with Crippen molar-refractivity contribution in [3.8, 4) is 5.75 Å². The number of thioether (sulfide) groups is 1. The van der Waals surface area contributed by atoms with E-state index in [1.165, 1.54) is 30.8 Å². The summed E-state index contributed by atoms with van der Waals surface area (Å²) in [6.45, 7) is 5.08. The van der Waals surface area contributed by atoms with Crippen LogP contribution in [-0.4, -0.2) is 70.1 Å². The summed E-state index contributed by atoms with van der Waals surface area (Å²) in [6.07, 6.45) is 2.91. The first-order valence-corrected chi connectivity index (χ1v) is 12.6. The van der Waals surface area contributed by atoms with Crippen molar-refractivity contribution in [3.63, 3.8) is 0 Å². The van der Waals surface area contributed by atoms with Gasteiger partial charge in [0.25, 0.3) is 0 Å². The van der Waals surface area contributed by atoms with Crippen molar-refractivity contribution < 1.29 is 29.4 Å². The average Bonchev–Trinajstić information content (AvgIpc) is 2.80. The van der Waals surface area contributed by atoms with E-state index in [0.717, 1.165) is 0 Å². The number of nitrogens with two attached hydrogens (primary N) is 1. The number of phenols is 1. The number of carboxylic acid groups (broad SMARTS) is 1. The Labute approximate surface area is 204 Å². The SMILES string of the molecule is CCC(C)C(N)C(=O)NC(Cc1ccc(O)cc1)C(=O)NC(CCSC)C(=O)NC(C)C(=O)O. The highest BCUT2D eigenvalue weighted by molar-refractivity contribution is 7.98. The molecule has 0 heterocycles. The van der Waals surface area contributed by atoms with Crippen LogP contribution in [0.2, 0.25) is 0 Å². The van der Waals surface area contributed by atoms with E-state index in [0.29, 0.717) is 17.7 Å². The number of hydrogen-bond donors (Lipinski definition) is 6. The van der Waals surface area contributed by atoms with Gasteiger partial charge in [-0.05, 0) is 49.0 Å². The minimum absolute atomic E-state index is 0.0638. The monoisotopic (exact) mass is 496 g/mol. The van der Waals surface area contributed by atoms with E-state index in [9.17, 15) is 24.3 Å². The standard InChI is InChI=1S/C23H36N4O6S/c1-5-13(2)19(24)22(31)27-18(12-15-6-8-16(28)9-7-15)21(30)26-17(10-11-34-4)20(29)25-14(3)23(32)33/h6-9,13-14,17-19,28H,5,10-12,24H2,1-4H3,(H,25,29)(H,26,30)(H,27,31)(H,32,33). The van der Waals surface area contributed by atoms with Crippen molar-refractivity contribution in [3.05, 3.63) is 29.8 Å². The first kappa shape index (κ1) is 29.2. The van der Waals surface area contributed by atoms with Gasteiger partial charge in [-0.2, -0.15) is 11.8 Å². The molecule has 7 N–H and O–H groups in total. The Kier molecular flexibility index (Phi) is 12.4. The molecule has 1 aromatic carbocycles. The Morgan fingerprint density at radius 3 is 2.06 bits per heavy atom. The second-order valence-electron chi connectivity index (χ2n) is 8.25. The van der Waals surface area contributed by atoms with E-state index in [1.807, 2.05) is 20.1 Å². The molecule has 0 saturated carbocycles. The van der Waals surface area contributed by atoms with E-state index in [4.69, 9.17) is 10.8 Å². The molecule has 0 aliphatic carbocycles. The van der Waals surface area contributed by atoms with Crippen molar-refractivity contribution in [2.75, 3.05) is 12.0 Å². The number of amides is 3. The summed E-state index contributed by atoms with van der Waals surface area (Å²) >= 11 is 1.47. The zero-order valence-electron chi connectivity index (χ0n) is 20.0. The summed E-state index contributed by atoms with van der Waals surface area (Å²) in [5, 5.41) is 26.3. The molecule has 0 radical (unpaired) electrons. The zero-order chi connectivity index (χ0) is 25.8. The number of carbonyl (C=O) groups is 4. The molecule has 10 nitrogen and oxygen atoms in total. The maximum absolute atomic E-state index is 13.2. The second-order valence-corrected chi connectivity index (χ2v) is 9.24. The van der Waals surface area contributed by atoms with E-state index >= 15 is 0 Å². The lowest BCUT2D eigenvalue weighted by Crippen LogP contribution is -2.58. The van der Waals surface area contributed by atoms with E-state index in [-0.39, 0.29) is 24.5 Å². The third-order valence-electron chi connectivity index (χ3n) is 5.54. The number of benzene rings is 1. The number of rotatable bonds is 14. The lowest BCUT2D eigenvalue weighted by molar-refractivity contribution is -0.141. The zero-order valence-corrected chi connectivity index (χ0v) is 20.9. The summed E-state index contributed by atoms with van der Waals surface area (Å²) < 4.78 is 0. The number of hydrogen-bond acceptors (Lipinski definition) is 7. The fraction of sp³-hybridized carbons (Fsp3) is 0.565. The smallest absolute Gasteiger partial charge is 0.325 e. The molecule has 0 aliphatic rings. The molecule has 0 aromatic heterocycles. The van der Waals surface area contributed by atoms with Crippen LogP contribution in [0.4, 0.5) is 0 Å². The van der Waals surface area contributed by atoms with E-state index in [2.05, 4.69) is 16.0 Å². The van der Waals surface area contributed by atoms with Crippen molar-refractivity contribution in [1.82, 2.24) is 16.0 Å². The minimum Gasteiger partial charge on any atom is -0.508 e. The predicted octanol–water partition coefficient (Wildman–Crippen LogP) is 0.620. The Balaban J connectivity index is 3.08. The van der Waals surface area contributed by atoms with Gasteiger partial charge >= 0.3 is 5.97 Å². The average molecular weight is 497 g/mol. The highest BCUT2D eigenvalue weighted by Crippen LogP contribution is 2.13. The lowest BCUT2D eigenvalue weighted by Gasteiger charge is -2.26. The third kappa shape index (κ3) is 9.60. The van der Waals surface area contributed by atoms with Gasteiger partial charge < -0.3 is 31.9 Å². The molecule has 11 heteroatoms. The number of aliphatic carboxylic acids is 1. The lowest BCUT2D eigenvalue weighted by atomic mass is 9.98. The van der Waals surface area contributed by atoms with Gasteiger partial charge in [-0.1, -0.05) is 32.4 Å². The third-order valence-corrected chi connectivity index (χ3v) is 6.19. The Morgan fingerprint density at radius 1 is 0.971 bits per heavy atom. The summed E-state index contributed by atoms with van der Waals surface area (Å²) in [6, 6.07) is 2.25. The largest absolute Gasteiger partial charge is 0.508 e. The number of nitrogens with one attached hydrogen (secondary N) is 3. The maximum Gasteiger partial charge on any atom is 0.325 e. The molecule has 190 valence electrons. The first-order chi connectivity index (χ1) is 16.0. The van der Waals surface area contributed by atoms with Crippen LogP contribution < -0.4 is 21.7 Å². The number of carbonyl (C=O) groups excluding carboxylic acids is 3. The molecule has 0 bridgehead atoms. The van der Waals surface area contributed by atoms with Gasteiger partial charge in [0, 0.05) is 6.42 Å². The molecule has 5 unspecified atom stereocenters. The van der Waals surface area contributed by atoms with Crippen molar-refractivity contribution in [2.24, 2.45) is 11.7 Å². The predicted molar refractivity (Wildman–Crippen MR) is 131 cm³/mol. The van der Waals surface area contributed by atoms with Gasteiger partial charge in [0.05, 0.1) is 6.04 Å². The van der Waals surface area contributed by atoms with Crippen molar-refractivity contribution in [2.45, 2.75) is 64.2 Å². The molecule has 5 atom stereocenters. The Morgan fingerprint density at radius 2 is 1.53 bits per heavy atom. The van der Waals surface area contributed by atoms with Crippen LogP contribution in [0, 0.1) is 5.92 Å². The van der Waals surface area contributed by atoms with Crippen molar-refractivity contribution >= 4 is 35.5 Å². The molecular formula is C23H36N4O6S. The molecular weight excluding hydrogens is 460 g/mol. The number of phenolic OH excluding ortho intramolecular Hbond substituents is 1. The molecule has 0 spiro atoms. The molecule has 1 rings (SSSR count). The molecule has 1 aromatic rings. The van der Waals surface area contributed by atoms with Gasteiger partial charge in [0.2, 0.25) is 17.7 Å². The Hall–Kier alpha value is -2.79. The number of carboxylic acids is 1. The normalized spacial score (nSPS) is 15.3. The van der Waals surface area contributed by atoms with Gasteiger partial charge in [-0.3, -0.25) is 19.2 Å². The summed E-state index contributed by atoms with van der Waals surface area (Å²) in [5.74, 6) is -2.39. The quantitative estimate of drug-likeness (QED) is 0.218. The van der Waals surface area contributed by atoms with Crippen molar-refractivity contribution in [1.29, 1.82) is 0 Å². The summed E-state index contributed by atoms with van der Waals surface area (Å²) in [4.78, 5) is 49.7. The molecule has 34 heavy (non-hydrogen) atoms. The topological polar surface area (TPSA) is 171 Å². The molecule has 0 fully saturated rings. The van der Waals surface area contributed by atoms with Crippen LogP contribution in [0.25, 0.3) is 0 Å². The van der Waals surface area contributed by atoms with Crippen LogP contribution in [-0.2, 0) is 25.6 Å². The fourth-order valence-electron chi connectivity index (χ4n) is 3.01. The van der Waals surface area contributed by atoms with Gasteiger partial charge in [0.1, 0.15) is 23.9 Å². The van der Waals surface area contributed by atoms with E-state index < -0.39 is 47.9 Å². The first-order valence-electron chi connectivity index (χ1n) is 11.2. The highest BCUT2D eigenvalue weighted by Gasteiger charge is 2.30. The van der Waals surface area contributed by atoms with E-state index in [1.54, 1.807) is 12.1 Å². The summed E-state index contributed by atoms with van der Waals surface area (Å²) in [5.41, 5.74) is 6.71. The number of aromatic hydroxyl groups is 1. The fourth-order valence-corrected chi connectivity index (χ4v) is 3.48. The second kappa shape index (κ2) is 14.5. The maximum atomic E-state index is 13.2. The highest BCUT2D eigenvalue weighted by atomic mass is 32.2. The van der Waals surface area contributed by atoms with Gasteiger partial charge in [-0.25, -0.2) is 0 Å². The van der Waals surface area contributed by atoms with Gasteiger partial charge in [-0.15, -0.1) is 0 Å². The Bertz CT molecular complexity index is 835.